The Bertz CT molecular complexity index is 726. The Kier molecular flexibility index (Phi) is 4.07. The summed E-state index contributed by atoms with van der Waals surface area (Å²) in [6, 6.07) is 13.1. The molecule has 4 nitrogen and oxygen atoms in total. The van der Waals surface area contributed by atoms with Gasteiger partial charge in [-0.15, -0.1) is 0 Å². The molecule has 0 bridgehead atoms. The van der Waals surface area contributed by atoms with Crippen molar-refractivity contribution in [3.8, 4) is 17.2 Å². The Morgan fingerprint density at radius 3 is 2.58 bits per heavy atom. The molecule has 0 aromatic heterocycles. The maximum absolute atomic E-state index is 5.60. The van der Waals surface area contributed by atoms with Gasteiger partial charge in [-0.3, -0.25) is 4.90 Å². The normalized spacial score (nSPS) is 19.2. The second-order valence-electron chi connectivity index (χ2n) is 6.35. The molecular weight excluding hydrogens is 302 g/mol. The molecule has 0 fully saturated rings. The number of nitrogens with zero attached hydrogens (tertiary/aromatic N) is 1. The van der Waals surface area contributed by atoms with Crippen molar-refractivity contribution in [2.75, 3.05) is 27.0 Å². The summed E-state index contributed by atoms with van der Waals surface area (Å²) in [4.78, 5) is 2.55. The van der Waals surface area contributed by atoms with Crippen LogP contribution in [0.5, 0.6) is 17.2 Å². The fourth-order valence-corrected chi connectivity index (χ4v) is 3.75. The van der Waals surface area contributed by atoms with E-state index in [0.29, 0.717) is 12.8 Å². The third kappa shape index (κ3) is 2.71. The molecule has 0 saturated heterocycles. The van der Waals surface area contributed by atoms with E-state index in [2.05, 4.69) is 36.1 Å². The van der Waals surface area contributed by atoms with Gasteiger partial charge in [-0.05, 0) is 60.3 Å². The van der Waals surface area contributed by atoms with Gasteiger partial charge in [-0.25, -0.2) is 0 Å². The van der Waals surface area contributed by atoms with E-state index < -0.39 is 0 Å². The van der Waals surface area contributed by atoms with Gasteiger partial charge in [0.15, 0.2) is 11.5 Å². The van der Waals surface area contributed by atoms with Crippen LogP contribution in [0, 0.1) is 0 Å². The molecule has 0 unspecified atom stereocenters. The van der Waals surface area contributed by atoms with Gasteiger partial charge in [0.1, 0.15) is 5.75 Å². The summed E-state index contributed by atoms with van der Waals surface area (Å²) in [5.74, 6) is 2.67. The van der Waals surface area contributed by atoms with Crippen LogP contribution in [0.2, 0.25) is 0 Å². The molecule has 0 N–H and O–H groups in total. The Morgan fingerprint density at radius 1 is 1.12 bits per heavy atom. The molecule has 0 amide bonds. The Hall–Kier alpha value is -2.20. The van der Waals surface area contributed by atoms with Crippen molar-refractivity contribution in [2.24, 2.45) is 0 Å². The van der Waals surface area contributed by atoms with Crippen molar-refractivity contribution in [1.29, 1.82) is 0 Å². The predicted octanol–water partition coefficient (Wildman–Crippen LogP) is 3.59. The summed E-state index contributed by atoms with van der Waals surface area (Å²) >= 11 is 0. The van der Waals surface area contributed by atoms with E-state index in [4.69, 9.17) is 14.2 Å². The van der Waals surface area contributed by atoms with E-state index in [1.165, 1.54) is 16.7 Å². The first-order valence-electron chi connectivity index (χ1n) is 8.58. The fraction of sp³-hybridized carbons (Fsp3) is 0.400. The maximum atomic E-state index is 5.60. The lowest BCUT2D eigenvalue weighted by atomic mass is 9.88. The van der Waals surface area contributed by atoms with Gasteiger partial charge in [-0.2, -0.15) is 0 Å². The number of benzene rings is 2. The second-order valence-corrected chi connectivity index (χ2v) is 6.35. The number of hydrogen-bond acceptors (Lipinski definition) is 4. The summed E-state index contributed by atoms with van der Waals surface area (Å²) in [6.45, 7) is 4.70. The van der Waals surface area contributed by atoms with Crippen molar-refractivity contribution in [3.05, 3.63) is 53.1 Å². The zero-order valence-electron chi connectivity index (χ0n) is 14.2. The molecule has 126 valence electrons. The Labute approximate surface area is 142 Å². The lowest BCUT2D eigenvalue weighted by Crippen LogP contribution is -2.36. The van der Waals surface area contributed by atoms with Crippen LogP contribution in [0.4, 0.5) is 0 Å². The molecule has 2 aliphatic rings. The molecule has 0 saturated carbocycles. The van der Waals surface area contributed by atoms with Crippen LogP contribution in [0.1, 0.15) is 29.7 Å². The maximum Gasteiger partial charge on any atom is 0.231 e. The number of hydrogen-bond donors (Lipinski definition) is 0. The highest BCUT2D eigenvalue weighted by Gasteiger charge is 2.29. The number of fused-ring (bicyclic) bond motifs is 2. The van der Waals surface area contributed by atoms with Gasteiger partial charge in [0.2, 0.25) is 6.79 Å². The smallest absolute Gasteiger partial charge is 0.231 e. The van der Waals surface area contributed by atoms with E-state index >= 15 is 0 Å². The van der Waals surface area contributed by atoms with Crippen LogP contribution >= 0.6 is 0 Å². The third-order valence-electron chi connectivity index (χ3n) is 5.10. The quantitative estimate of drug-likeness (QED) is 0.860. The average Bonchev–Trinajstić information content (AvgIpc) is 3.08. The van der Waals surface area contributed by atoms with Crippen LogP contribution in [0.3, 0.4) is 0 Å². The number of likely N-dealkylation sites (N-methyl/N-ethyl adjacent to an activating group) is 1. The van der Waals surface area contributed by atoms with Crippen molar-refractivity contribution < 1.29 is 14.2 Å². The standard InChI is InChI=1S/C20H23NO3/c1-3-21-9-8-15-11-19-20(24-13-23-19)12-17(15)18(21)10-14-4-6-16(22-2)7-5-14/h4-7,11-12,18H,3,8-10,13H2,1-2H3/t18-/m1/s1. The van der Waals surface area contributed by atoms with Gasteiger partial charge in [-0.1, -0.05) is 19.1 Å². The minimum atomic E-state index is 0.332. The van der Waals surface area contributed by atoms with E-state index in [1.807, 2.05) is 12.1 Å². The van der Waals surface area contributed by atoms with E-state index in [0.717, 1.165) is 43.2 Å². The monoisotopic (exact) mass is 325 g/mol. The lowest BCUT2D eigenvalue weighted by Gasteiger charge is -2.37. The molecule has 0 spiro atoms. The SMILES string of the molecule is CCN1CCc2cc3c(cc2[C@H]1Cc1ccc(OC)cc1)OCO3. The predicted molar refractivity (Wildman–Crippen MR) is 93.0 cm³/mol. The van der Waals surface area contributed by atoms with E-state index in [9.17, 15) is 0 Å². The van der Waals surface area contributed by atoms with Crippen LogP contribution in [0.15, 0.2) is 36.4 Å². The van der Waals surface area contributed by atoms with Gasteiger partial charge in [0, 0.05) is 12.6 Å². The summed E-state index contributed by atoms with van der Waals surface area (Å²) in [6.07, 6.45) is 2.06. The van der Waals surface area contributed by atoms with Crippen molar-refractivity contribution in [1.82, 2.24) is 4.90 Å². The molecule has 2 heterocycles. The first kappa shape index (κ1) is 15.3. The molecule has 2 aliphatic heterocycles. The van der Waals surface area contributed by atoms with Crippen LogP contribution in [0.25, 0.3) is 0 Å². The highest BCUT2D eigenvalue weighted by atomic mass is 16.7. The van der Waals surface area contributed by atoms with Crippen molar-refractivity contribution >= 4 is 0 Å². The van der Waals surface area contributed by atoms with Crippen molar-refractivity contribution in [2.45, 2.75) is 25.8 Å². The second kappa shape index (κ2) is 6.36. The first-order valence-corrected chi connectivity index (χ1v) is 8.58. The number of rotatable bonds is 4. The Morgan fingerprint density at radius 2 is 1.88 bits per heavy atom. The third-order valence-corrected chi connectivity index (χ3v) is 5.10. The summed E-state index contributed by atoms with van der Waals surface area (Å²) in [5.41, 5.74) is 4.09. The van der Waals surface area contributed by atoms with Crippen molar-refractivity contribution in [3.63, 3.8) is 0 Å². The topological polar surface area (TPSA) is 30.9 Å². The first-order chi connectivity index (χ1) is 11.8. The highest BCUT2D eigenvalue weighted by molar-refractivity contribution is 5.51. The number of methoxy groups -OCH3 is 1. The largest absolute Gasteiger partial charge is 0.497 e. The molecular formula is C20H23NO3. The number of ether oxygens (including phenoxy) is 3. The summed E-state index contributed by atoms with van der Waals surface area (Å²) in [7, 11) is 1.70. The lowest BCUT2D eigenvalue weighted by molar-refractivity contribution is 0.173. The Balaban J connectivity index is 1.67. The minimum absolute atomic E-state index is 0.332. The molecule has 0 radical (unpaired) electrons. The van der Waals surface area contributed by atoms with Gasteiger partial charge in [0.05, 0.1) is 7.11 Å². The molecule has 4 rings (SSSR count). The van der Waals surface area contributed by atoms with Crippen LogP contribution < -0.4 is 14.2 Å². The molecule has 4 heteroatoms. The molecule has 2 aromatic rings. The van der Waals surface area contributed by atoms with E-state index in [1.54, 1.807) is 7.11 Å². The minimum Gasteiger partial charge on any atom is -0.497 e. The van der Waals surface area contributed by atoms with Gasteiger partial charge in [0.25, 0.3) is 0 Å². The zero-order valence-corrected chi connectivity index (χ0v) is 14.2. The van der Waals surface area contributed by atoms with E-state index in [-0.39, 0.29) is 0 Å². The summed E-state index contributed by atoms with van der Waals surface area (Å²) in [5, 5.41) is 0. The summed E-state index contributed by atoms with van der Waals surface area (Å²) < 4.78 is 16.4. The van der Waals surface area contributed by atoms with Gasteiger partial charge < -0.3 is 14.2 Å². The van der Waals surface area contributed by atoms with Crippen LogP contribution in [-0.4, -0.2) is 31.9 Å². The molecule has 2 aromatic carbocycles. The molecule has 0 aliphatic carbocycles. The van der Waals surface area contributed by atoms with Gasteiger partial charge >= 0.3 is 0 Å². The zero-order chi connectivity index (χ0) is 16.5. The fourth-order valence-electron chi connectivity index (χ4n) is 3.75. The van der Waals surface area contributed by atoms with Crippen LogP contribution in [-0.2, 0) is 12.8 Å². The highest BCUT2D eigenvalue weighted by Crippen LogP contribution is 2.41. The molecule has 24 heavy (non-hydrogen) atoms. The molecule has 1 atom stereocenters. The average molecular weight is 325 g/mol.